The molecule has 1 rings (SSSR count). The molecular weight excluding hydrogens is 192 g/mol. The third kappa shape index (κ3) is 3.18. The Morgan fingerprint density at radius 3 is 2.67 bits per heavy atom. The minimum absolute atomic E-state index is 0.0489. The van der Waals surface area contributed by atoms with Crippen LogP contribution in [-0.4, -0.2) is 30.2 Å². The Morgan fingerprint density at radius 2 is 2.27 bits per heavy atom. The maximum absolute atomic E-state index is 11.8. The van der Waals surface area contributed by atoms with Crippen molar-refractivity contribution in [2.45, 2.75) is 39.2 Å². The van der Waals surface area contributed by atoms with E-state index < -0.39 is 5.41 Å². The highest BCUT2D eigenvalue weighted by atomic mass is 16.3. The lowest BCUT2D eigenvalue weighted by molar-refractivity contribution is -0.130. The molecule has 0 radical (unpaired) electrons. The molecule has 1 aliphatic rings. The molecule has 15 heavy (non-hydrogen) atoms. The van der Waals surface area contributed by atoms with E-state index in [1.165, 1.54) is 0 Å². The van der Waals surface area contributed by atoms with E-state index in [1.807, 2.05) is 13.8 Å². The van der Waals surface area contributed by atoms with E-state index in [-0.39, 0.29) is 12.0 Å². The van der Waals surface area contributed by atoms with Gasteiger partial charge in [0.05, 0.1) is 11.5 Å². The molecule has 0 saturated heterocycles. The van der Waals surface area contributed by atoms with Gasteiger partial charge in [0, 0.05) is 13.1 Å². The average molecular weight is 214 g/mol. The Morgan fingerprint density at radius 1 is 1.67 bits per heavy atom. The molecule has 0 aromatic carbocycles. The van der Waals surface area contributed by atoms with Crippen LogP contribution in [-0.2, 0) is 4.79 Å². The van der Waals surface area contributed by atoms with Gasteiger partial charge in [-0.05, 0) is 32.1 Å². The molecule has 0 aliphatic heterocycles. The highest BCUT2D eigenvalue weighted by molar-refractivity contribution is 5.82. The first kappa shape index (κ1) is 12.5. The molecule has 1 aliphatic carbocycles. The molecule has 4 nitrogen and oxygen atoms in total. The minimum Gasteiger partial charge on any atom is -0.391 e. The normalized spacial score (nSPS) is 21.9. The monoisotopic (exact) mass is 214 g/mol. The average Bonchev–Trinajstić information content (AvgIpc) is 3.07. The number of rotatable bonds is 6. The summed E-state index contributed by atoms with van der Waals surface area (Å²) in [5, 5.41) is 12.4. The summed E-state index contributed by atoms with van der Waals surface area (Å²) in [5.74, 6) is 0.350. The number of carbonyl (C=O) groups excluding carboxylic acids is 1. The van der Waals surface area contributed by atoms with Crippen LogP contribution >= 0.6 is 0 Å². The van der Waals surface area contributed by atoms with Crippen LogP contribution in [0.2, 0.25) is 0 Å². The standard InChI is InChI=1S/C11H22N2O2/c1-3-11(2,7-12)10(15)13-6-9(14)8-4-5-8/h8-9,14H,3-7,12H2,1-2H3,(H,13,15). The molecule has 0 heterocycles. The zero-order chi connectivity index (χ0) is 11.5. The number of hydrogen-bond donors (Lipinski definition) is 3. The van der Waals surface area contributed by atoms with Gasteiger partial charge in [-0.1, -0.05) is 6.92 Å². The molecule has 0 aromatic heterocycles. The Kier molecular flexibility index (Phi) is 4.11. The summed E-state index contributed by atoms with van der Waals surface area (Å²) in [4.78, 5) is 11.8. The summed E-state index contributed by atoms with van der Waals surface area (Å²) in [5.41, 5.74) is 5.08. The Balaban J connectivity index is 2.33. The van der Waals surface area contributed by atoms with Crippen LogP contribution in [0.4, 0.5) is 0 Å². The topological polar surface area (TPSA) is 75.4 Å². The molecule has 0 bridgehead atoms. The van der Waals surface area contributed by atoms with E-state index in [0.29, 0.717) is 19.0 Å². The second-order valence-electron chi connectivity index (χ2n) is 4.73. The summed E-state index contributed by atoms with van der Waals surface area (Å²) in [6.07, 6.45) is 2.50. The van der Waals surface area contributed by atoms with E-state index in [9.17, 15) is 9.90 Å². The first-order chi connectivity index (χ1) is 7.03. The van der Waals surface area contributed by atoms with Gasteiger partial charge in [-0.3, -0.25) is 4.79 Å². The fraction of sp³-hybridized carbons (Fsp3) is 0.909. The van der Waals surface area contributed by atoms with Crippen LogP contribution in [0.5, 0.6) is 0 Å². The van der Waals surface area contributed by atoms with Crippen molar-refractivity contribution in [3.63, 3.8) is 0 Å². The lowest BCUT2D eigenvalue weighted by Crippen LogP contribution is -2.46. The molecule has 2 atom stereocenters. The molecule has 2 unspecified atom stereocenters. The Labute approximate surface area is 91.2 Å². The van der Waals surface area contributed by atoms with Crippen LogP contribution in [0.15, 0.2) is 0 Å². The molecule has 88 valence electrons. The number of nitrogens with two attached hydrogens (primary N) is 1. The fourth-order valence-corrected chi connectivity index (χ4v) is 1.46. The number of nitrogens with one attached hydrogen (secondary N) is 1. The molecule has 4 heteroatoms. The zero-order valence-electron chi connectivity index (χ0n) is 9.62. The molecule has 0 aromatic rings. The van der Waals surface area contributed by atoms with Gasteiger partial charge in [0.15, 0.2) is 0 Å². The Bertz CT molecular complexity index is 223. The summed E-state index contributed by atoms with van der Waals surface area (Å²) < 4.78 is 0. The van der Waals surface area contributed by atoms with Crippen molar-refractivity contribution in [2.75, 3.05) is 13.1 Å². The lowest BCUT2D eigenvalue weighted by Gasteiger charge is -2.25. The zero-order valence-corrected chi connectivity index (χ0v) is 9.62. The third-order valence-electron chi connectivity index (χ3n) is 3.42. The summed E-state index contributed by atoms with van der Waals surface area (Å²) in [6.45, 7) is 4.50. The van der Waals surface area contributed by atoms with Crippen molar-refractivity contribution >= 4 is 5.91 Å². The first-order valence-electron chi connectivity index (χ1n) is 5.70. The quantitative estimate of drug-likeness (QED) is 0.593. The van der Waals surface area contributed by atoms with Gasteiger partial charge in [-0.15, -0.1) is 0 Å². The van der Waals surface area contributed by atoms with Crippen molar-refractivity contribution < 1.29 is 9.90 Å². The predicted molar refractivity (Wildman–Crippen MR) is 59.2 cm³/mol. The first-order valence-corrected chi connectivity index (χ1v) is 5.70. The van der Waals surface area contributed by atoms with Gasteiger partial charge < -0.3 is 16.2 Å². The van der Waals surface area contributed by atoms with Crippen molar-refractivity contribution in [3.05, 3.63) is 0 Å². The molecule has 1 amide bonds. The second-order valence-corrected chi connectivity index (χ2v) is 4.73. The maximum Gasteiger partial charge on any atom is 0.227 e. The van der Waals surface area contributed by atoms with Gasteiger partial charge in [-0.25, -0.2) is 0 Å². The van der Waals surface area contributed by atoms with Gasteiger partial charge in [0.25, 0.3) is 0 Å². The van der Waals surface area contributed by atoms with Crippen LogP contribution in [0.3, 0.4) is 0 Å². The van der Waals surface area contributed by atoms with E-state index in [1.54, 1.807) is 0 Å². The number of amides is 1. The highest BCUT2D eigenvalue weighted by Gasteiger charge is 2.33. The van der Waals surface area contributed by atoms with E-state index in [0.717, 1.165) is 19.3 Å². The van der Waals surface area contributed by atoms with Gasteiger partial charge in [-0.2, -0.15) is 0 Å². The van der Waals surface area contributed by atoms with Gasteiger partial charge in [0.2, 0.25) is 5.91 Å². The van der Waals surface area contributed by atoms with Gasteiger partial charge in [0.1, 0.15) is 0 Å². The van der Waals surface area contributed by atoms with Crippen molar-refractivity contribution in [1.29, 1.82) is 0 Å². The maximum atomic E-state index is 11.8. The second kappa shape index (κ2) is 4.94. The molecule has 1 fully saturated rings. The van der Waals surface area contributed by atoms with Crippen molar-refractivity contribution in [1.82, 2.24) is 5.32 Å². The Hall–Kier alpha value is -0.610. The lowest BCUT2D eigenvalue weighted by atomic mass is 9.86. The fourth-order valence-electron chi connectivity index (χ4n) is 1.46. The predicted octanol–water partition coefficient (Wildman–Crippen LogP) is 0.249. The minimum atomic E-state index is -0.497. The van der Waals surface area contributed by atoms with E-state index in [4.69, 9.17) is 5.73 Å². The molecule has 1 saturated carbocycles. The van der Waals surface area contributed by atoms with Crippen molar-refractivity contribution in [3.8, 4) is 0 Å². The SMILES string of the molecule is CCC(C)(CN)C(=O)NCC(O)C1CC1. The van der Waals surface area contributed by atoms with Crippen LogP contribution in [0.1, 0.15) is 33.1 Å². The van der Waals surface area contributed by atoms with Crippen LogP contribution < -0.4 is 11.1 Å². The molecule has 0 spiro atoms. The summed E-state index contributed by atoms with van der Waals surface area (Å²) in [6, 6.07) is 0. The van der Waals surface area contributed by atoms with Gasteiger partial charge >= 0.3 is 0 Å². The van der Waals surface area contributed by atoms with Crippen LogP contribution in [0.25, 0.3) is 0 Å². The third-order valence-corrected chi connectivity index (χ3v) is 3.42. The largest absolute Gasteiger partial charge is 0.391 e. The smallest absolute Gasteiger partial charge is 0.227 e. The summed E-state index contributed by atoms with van der Waals surface area (Å²) >= 11 is 0. The number of hydrogen-bond acceptors (Lipinski definition) is 3. The molecular formula is C11H22N2O2. The number of carbonyl (C=O) groups is 1. The molecule has 4 N–H and O–H groups in total. The van der Waals surface area contributed by atoms with E-state index in [2.05, 4.69) is 5.32 Å². The highest BCUT2D eigenvalue weighted by Crippen LogP contribution is 2.32. The number of aliphatic hydroxyl groups excluding tert-OH is 1. The van der Waals surface area contributed by atoms with Crippen LogP contribution in [0, 0.1) is 11.3 Å². The van der Waals surface area contributed by atoms with E-state index >= 15 is 0 Å². The van der Waals surface area contributed by atoms with Crippen molar-refractivity contribution in [2.24, 2.45) is 17.1 Å². The summed E-state index contributed by atoms with van der Waals surface area (Å²) in [7, 11) is 0. The number of aliphatic hydroxyl groups is 1.